The second-order valence-electron chi connectivity index (χ2n) is 7.78. The molecule has 0 amide bonds. The first-order valence-electron chi connectivity index (χ1n) is 11.0. The van der Waals surface area contributed by atoms with Crippen molar-refractivity contribution in [1.29, 1.82) is 0 Å². The first-order chi connectivity index (χ1) is 16.2. The van der Waals surface area contributed by atoms with E-state index in [0.29, 0.717) is 51.6 Å². The van der Waals surface area contributed by atoms with Gasteiger partial charge in [0.15, 0.2) is 16.7 Å². The van der Waals surface area contributed by atoms with Gasteiger partial charge >= 0.3 is 0 Å². The third kappa shape index (κ3) is 4.32. The molecule has 0 saturated carbocycles. The molecule has 170 valence electrons. The largest absolute Gasteiger partial charge is 0.454 e. The first-order valence-corrected chi connectivity index (χ1v) is 12.0. The smallest absolute Gasteiger partial charge is 0.262 e. The number of hydrogen-bond acceptors (Lipinski definition) is 8. The van der Waals surface area contributed by atoms with Gasteiger partial charge in [0, 0.05) is 18.2 Å². The summed E-state index contributed by atoms with van der Waals surface area (Å²) in [5, 5.41) is 5.26. The Kier molecular flexibility index (Phi) is 6.04. The number of benzene rings is 2. The van der Waals surface area contributed by atoms with Crippen molar-refractivity contribution < 1.29 is 14.0 Å². The van der Waals surface area contributed by atoms with Crippen LogP contribution in [0.5, 0.6) is 11.5 Å². The van der Waals surface area contributed by atoms with Gasteiger partial charge in [0.05, 0.1) is 16.7 Å². The molecule has 9 heteroatoms. The van der Waals surface area contributed by atoms with Crippen LogP contribution < -0.4 is 15.0 Å². The summed E-state index contributed by atoms with van der Waals surface area (Å²) in [5.74, 6) is 2.63. The summed E-state index contributed by atoms with van der Waals surface area (Å²) in [6.45, 7) is 4.96. The second kappa shape index (κ2) is 9.27. The maximum absolute atomic E-state index is 13.3. The Hall–Kier alpha value is -3.33. The van der Waals surface area contributed by atoms with Crippen molar-refractivity contribution in [2.75, 3.05) is 6.79 Å². The monoisotopic (exact) mass is 464 g/mol. The summed E-state index contributed by atoms with van der Waals surface area (Å²) >= 11 is 1.41. The third-order valence-corrected chi connectivity index (χ3v) is 6.52. The predicted octanol–water partition coefficient (Wildman–Crippen LogP) is 4.83. The molecule has 0 aliphatic carbocycles. The molecule has 3 heterocycles. The normalized spacial score (nSPS) is 12.5. The zero-order valence-electron chi connectivity index (χ0n) is 18.5. The topological polar surface area (TPSA) is 92.3 Å². The standard InChI is InChI=1S/C24H24N4O4S/c1-3-5-10-28-23(29)17-11-19-20(31-14-30-19)12-18(17)25-24(28)33-13-21-26-22(27-32-21)16-8-6-15(4-2)7-9-16/h6-9,11-12H,3-5,10,13-14H2,1-2H3. The summed E-state index contributed by atoms with van der Waals surface area (Å²) in [6.07, 6.45) is 2.83. The lowest BCUT2D eigenvalue weighted by Crippen LogP contribution is -2.23. The Morgan fingerprint density at radius 3 is 2.61 bits per heavy atom. The molecule has 0 spiro atoms. The Bertz CT molecular complexity index is 1350. The molecule has 33 heavy (non-hydrogen) atoms. The highest BCUT2D eigenvalue weighted by molar-refractivity contribution is 7.98. The van der Waals surface area contributed by atoms with E-state index in [1.54, 1.807) is 16.7 Å². The van der Waals surface area contributed by atoms with E-state index in [1.807, 2.05) is 12.1 Å². The minimum atomic E-state index is -0.0866. The molecular formula is C24H24N4O4S. The fourth-order valence-corrected chi connectivity index (χ4v) is 4.52. The maximum Gasteiger partial charge on any atom is 0.262 e. The molecule has 2 aromatic heterocycles. The lowest BCUT2D eigenvalue weighted by molar-refractivity contribution is 0.174. The number of nitrogens with zero attached hydrogens (tertiary/aromatic N) is 4. The van der Waals surface area contributed by atoms with Crippen LogP contribution in [0.2, 0.25) is 0 Å². The minimum Gasteiger partial charge on any atom is -0.454 e. The van der Waals surface area contributed by atoms with E-state index >= 15 is 0 Å². The molecule has 0 saturated heterocycles. The number of unbranched alkanes of at least 4 members (excludes halogenated alkanes) is 1. The van der Waals surface area contributed by atoms with Gasteiger partial charge in [0.2, 0.25) is 18.5 Å². The Morgan fingerprint density at radius 1 is 1.06 bits per heavy atom. The summed E-state index contributed by atoms with van der Waals surface area (Å²) in [6, 6.07) is 11.6. The van der Waals surface area contributed by atoms with E-state index < -0.39 is 0 Å². The Labute approximate surface area is 194 Å². The van der Waals surface area contributed by atoms with E-state index in [-0.39, 0.29) is 12.4 Å². The quantitative estimate of drug-likeness (QED) is 0.270. The van der Waals surface area contributed by atoms with Crippen LogP contribution in [0.25, 0.3) is 22.3 Å². The number of ether oxygens (including phenoxy) is 2. The number of aryl methyl sites for hydroxylation is 1. The van der Waals surface area contributed by atoms with Crippen LogP contribution in [0, 0.1) is 0 Å². The van der Waals surface area contributed by atoms with Crippen LogP contribution in [0.4, 0.5) is 0 Å². The van der Waals surface area contributed by atoms with Crippen molar-refractivity contribution in [1.82, 2.24) is 19.7 Å². The van der Waals surface area contributed by atoms with Gasteiger partial charge in [-0.15, -0.1) is 0 Å². The number of aromatic nitrogens is 4. The maximum atomic E-state index is 13.3. The van der Waals surface area contributed by atoms with Gasteiger partial charge in [0.25, 0.3) is 5.56 Å². The van der Waals surface area contributed by atoms with Crippen molar-refractivity contribution in [2.45, 2.75) is 50.6 Å². The highest BCUT2D eigenvalue weighted by Gasteiger charge is 2.20. The molecule has 0 fully saturated rings. The summed E-state index contributed by atoms with van der Waals surface area (Å²) in [5.41, 5.74) is 2.67. The number of thioether (sulfide) groups is 1. The number of hydrogen-bond donors (Lipinski definition) is 0. The molecule has 1 aliphatic rings. The molecule has 0 radical (unpaired) electrons. The molecule has 0 N–H and O–H groups in total. The van der Waals surface area contributed by atoms with Gasteiger partial charge in [-0.25, -0.2) is 4.98 Å². The number of rotatable bonds is 8. The van der Waals surface area contributed by atoms with Gasteiger partial charge in [-0.3, -0.25) is 9.36 Å². The second-order valence-corrected chi connectivity index (χ2v) is 8.72. The molecular weight excluding hydrogens is 440 g/mol. The zero-order chi connectivity index (χ0) is 22.8. The summed E-state index contributed by atoms with van der Waals surface area (Å²) < 4.78 is 18.1. The van der Waals surface area contributed by atoms with Crippen molar-refractivity contribution in [3.63, 3.8) is 0 Å². The SMILES string of the molecule is CCCCn1c(SCc2nc(-c3ccc(CC)cc3)no2)nc2cc3c(cc2c1=O)OCO3. The number of fused-ring (bicyclic) bond motifs is 2. The van der Waals surface area contributed by atoms with Crippen LogP contribution in [0.1, 0.15) is 38.1 Å². The molecule has 8 nitrogen and oxygen atoms in total. The highest BCUT2D eigenvalue weighted by atomic mass is 32.2. The van der Waals surface area contributed by atoms with Gasteiger partial charge < -0.3 is 14.0 Å². The lowest BCUT2D eigenvalue weighted by Gasteiger charge is -2.12. The van der Waals surface area contributed by atoms with Gasteiger partial charge in [-0.2, -0.15) is 4.98 Å². The van der Waals surface area contributed by atoms with Crippen LogP contribution in [0.15, 0.2) is 50.9 Å². The van der Waals surface area contributed by atoms with E-state index in [9.17, 15) is 4.79 Å². The van der Waals surface area contributed by atoms with Gasteiger partial charge in [0.1, 0.15) is 0 Å². The van der Waals surface area contributed by atoms with Crippen molar-refractivity contribution in [3.8, 4) is 22.9 Å². The van der Waals surface area contributed by atoms with E-state index in [2.05, 4.69) is 36.1 Å². The average molecular weight is 465 g/mol. The first kappa shape index (κ1) is 21.5. The lowest BCUT2D eigenvalue weighted by atomic mass is 10.1. The fourth-order valence-electron chi connectivity index (χ4n) is 3.66. The van der Waals surface area contributed by atoms with Crippen molar-refractivity contribution in [2.24, 2.45) is 0 Å². The van der Waals surface area contributed by atoms with Gasteiger partial charge in [-0.05, 0) is 24.5 Å². The van der Waals surface area contributed by atoms with Crippen LogP contribution in [0.3, 0.4) is 0 Å². The minimum absolute atomic E-state index is 0.0866. The van der Waals surface area contributed by atoms with Crippen LogP contribution in [-0.4, -0.2) is 26.5 Å². The molecule has 1 aliphatic heterocycles. The molecule has 0 bridgehead atoms. The van der Waals surface area contributed by atoms with Crippen LogP contribution in [-0.2, 0) is 18.7 Å². The zero-order valence-corrected chi connectivity index (χ0v) is 19.4. The van der Waals surface area contributed by atoms with Crippen molar-refractivity contribution >= 4 is 22.7 Å². The third-order valence-electron chi connectivity index (χ3n) is 5.56. The fraction of sp³-hybridized carbons (Fsp3) is 0.333. The van der Waals surface area contributed by atoms with Crippen LogP contribution >= 0.6 is 11.8 Å². The highest BCUT2D eigenvalue weighted by Crippen LogP contribution is 2.35. The van der Waals surface area contributed by atoms with E-state index in [0.717, 1.165) is 24.8 Å². The molecule has 0 unspecified atom stereocenters. The summed E-state index contributed by atoms with van der Waals surface area (Å²) in [7, 11) is 0. The Balaban J connectivity index is 1.42. The Morgan fingerprint density at radius 2 is 1.85 bits per heavy atom. The molecule has 5 rings (SSSR count). The van der Waals surface area contributed by atoms with Crippen molar-refractivity contribution in [3.05, 3.63) is 58.2 Å². The molecule has 4 aromatic rings. The van der Waals surface area contributed by atoms with Gasteiger partial charge in [-0.1, -0.05) is 61.5 Å². The van der Waals surface area contributed by atoms with E-state index in [1.165, 1.54) is 17.3 Å². The molecule has 0 atom stereocenters. The average Bonchev–Trinajstić information content (AvgIpc) is 3.50. The predicted molar refractivity (Wildman–Crippen MR) is 126 cm³/mol. The molecule has 2 aromatic carbocycles. The summed E-state index contributed by atoms with van der Waals surface area (Å²) in [4.78, 5) is 22.6. The van der Waals surface area contributed by atoms with E-state index in [4.69, 9.17) is 19.0 Å².